The van der Waals surface area contributed by atoms with Crippen LogP contribution in [0.3, 0.4) is 0 Å². The van der Waals surface area contributed by atoms with E-state index in [1.54, 1.807) is 0 Å². The molecule has 1 fully saturated rings. The number of ether oxygens (including phenoxy) is 2. The van der Waals surface area contributed by atoms with E-state index in [2.05, 4.69) is 0 Å². The minimum atomic E-state index is 0. The molecule has 44 valence electrons. The van der Waals surface area contributed by atoms with Crippen LogP contribution in [-0.2, 0) is 29.3 Å². The molecule has 1 rings (SSSR count). The summed E-state index contributed by atoms with van der Waals surface area (Å²) in [7, 11) is 0. The molecule has 7 heavy (non-hydrogen) atoms. The van der Waals surface area contributed by atoms with Gasteiger partial charge in [0.15, 0.2) is 0 Å². The van der Waals surface area contributed by atoms with E-state index >= 15 is 0 Å². The first-order valence-electron chi connectivity index (χ1n) is 2.15. The van der Waals surface area contributed by atoms with Gasteiger partial charge < -0.3 is 9.47 Å². The summed E-state index contributed by atoms with van der Waals surface area (Å²) in [4.78, 5) is 0. The Kier molecular flexibility index (Phi) is 5.08. The Balaban J connectivity index is 0.000000360. The van der Waals surface area contributed by atoms with Crippen molar-refractivity contribution in [3.63, 3.8) is 0 Å². The molecule has 1 aliphatic heterocycles. The zero-order valence-corrected chi connectivity index (χ0v) is 6.54. The van der Waals surface area contributed by atoms with Gasteiger partial charge in [-0.2, -0.15) is 0 Å². The minimum absolute atomic E-state index is 0. The van der Waals surface area contributed by atoms with Gasteiger partial charge in [0.25, 0.3) is 0 Å². The Morgan fingerprint density at radius 3 is 1.14 bits per heavy atom. The van der Waals surface area contributed by atoms with Crippen LogP contribution >= 0.6 is 0 Å². The summed E-state index contributed by atoms with van der Waals surface area (Å²) in [6.07, 6.45) is 0. The van der Waals surface area contributed by atoms with Crippen LogP contribution < -0.4 is 0 Å². The van der Waals surface area contributed by atoms with Gasteiger partial charge >= 0.3 is 0 Å². The summed E-state index contributed by atoms with van der Waals surface area (Å²) in [5.74, 6) is 0. The molecule has 1 saturated heterocycles. The van der Waals surface area contributed by atoms with Gasteiger partial charge in [-0.1, -0.05) is 0 Å². The molecule has 1 heterocycles. The SMILES string of the molecule is C1COCCO1.[Os]. The van der Waals surface area contributed by atoms with Gasteiger partial charge in [-0.3, -0.25) is 0 Å². The second kappa shape index (κ2) is 4.71. The van der Waals surface area contributed by atoms with E-state index in [1.807, 2.05) is 0 Å². The van der Waals surface area contributed by atoms with Gasteiger partial charge in [-0.05, 0) is 0 Å². The average molecular weight is 278 g/mol. The molecule has 0 unspecified atom stereocenters. The van der Waals surface area contributed by atoms with E-state index < -0.39 is 0 Å². The molecular weight excluding hydrogens is 270 g/mol. The standard InChI is InChI=1S/C4H8O2.Os/c1-2-6-4-3-5-1;/h1-4H2;. The van der Waals surface area contributed by atoms with E-state index in [4.69, 9.17) is 9.47 Å². The summed E-state index contributed by atoms with van der Waals surface area (Å²) in [6, 6.07) is 0. The summed E-state index contributed by atoms with van der Waals surface area (Å²) < 4.78 is 9.89. The molecule has 0 aliphatic carbocycles. The van der Waals surface area contributed by atoms with Crippen molar-refractivity contribution in [3.05, 3.63) is 0 Å². The molecule has 3 heteroatoms. The quantitative estimate of drug-likeness (QED) is 0.622. The van der Waals surface area contributed by atoms with Gasteiger partial charge in [-0.15, -0.1) is 0 Å². The zero-order chi connectivity index (χ0) is 4.24. The maximum absolute atomic E-state index is 4.94. The van der Waals surface area contributed by atoms with Crippen LogP contribution in [0.15, 0.2) is 0 Å². The van der Waals surface area contributed by atoms with Crippen molar-refractivity contribution in [1.29, 1.82) is 0 Å². The predicted octanol–water partition coefficient (Wildman–Crippen LogP) is 0.0307. The molecule has 0 aromatic heterocycles. The van der Waals surface area contributed by atoms with Crippen LogP contribution in [-0.4, -0.2) is 26.4 Å². The second-order valence-corrected chi connectivity index (χ2v) is 1.22. The molecule has 0 bridgehead atoms. The first-order valence-corrected chi connectivity index (χ1v) is 2.15. The molecule has 0 atom stereocenters. The van der Waals surface area contributed by atoms with Crippen LogP contribution in [0, 0.1) is 0 Å². The van der Waals surface area contributed by atoms with Crippen LogP contribution in [0.1, 0.15) is 0 Å². The van der Waals surface area contributed by atoms with Crippen LogP contribution in [0.4, 0.5) is 0 Å². The van der Waals surface area contributed by atoms with E-state index in [-0.39, 0.29) is 19.8 Å². The van der Waals surface area contributed by atoms with Crippen molar-refractivity contribution in [2.45, 2.75) is 0 Å². The summed E-state index contributed by atoms with van der Waals surface area (Å²) >= 11 is 0. The maximum Gasteiger partial charge on any atom is 0.0701 e. The Labute approximate surface area is 56.2 Å². The van der Waals surface area contributed by atoms with Crippen LogP contribution in [0.2, 0.25) is 0 Å². The van der Waals surface area contributed by atoms with Crippen molar-refractivity contribution in [3.8, 4) is 0 Å². The smallest absolute Gasteiger partial charge is 0.0701 e. The van der Waals surface area contributed by atoms with Crippen LogP contribution in [0.5, 0.6) is 0 Å². The largest absolute Gasteiger partial charge is 0.377 e. The third kappa shape index (κ3) is 3.17. The number of hydrogen-bond acceptors (Lipinski definition) is 2. The summed E-state index contributed by atoms with van der Waals surface area (Å²) in [6.45, 7) is 3.11. The summed E-state index contributed by atoms with van der Waals surface area (Å²) in [5.41, 5.74) is 0. The molecule has 0 radical (unpaired) electrons. The molecule has 0 saturated carbocycles. The molecular formula is C4H8O2Os. The third-order valence-corrected chi connectivity index (χ3v) is 0.744. The van der Waals surface area contributed by atoms with E-state index in [1.165, 1.54) is 0 Å². The maximum atomic E-state index is 4.94. The van der Waals surface area contributed by atoms with E-state index in [9.17, 15) is 0 Å². The Morgan fingerprint density at radius 2 is 1.00 bits per heavy atom. The number of hydrogen-bond donors (Lipinski definition) is 0. The van der Waals surface area contributed by atoms with Gasteiger partial charge in [0, 0.05) is 19.8 Å². The van der Waals surface area contributed by atoms with Gasteiger partial charge in [0.1, 0.15) is 0 Å². The first kappa shape index (κ1) is 7.56. The topological polar surface area (TPSA) is 18.5 Å². The number of rotatable bonds is 0. The van der Waals surface area contributed by atoms with Crippen molar-refractivity contribution >= 4 is 0 Å². The van der Waals surface area contributed by atoms with Crippen molar-refractivity contribution in [2.24, 2.45) is 0 Å². The van der Waals surface area contributed by atoms with E-state index in [0.29, 0.717) is 0 Å². The van der Waals surface area contributed by atoms with Crippen LogP contribution in [0.25, 0.3) is 0 Å². The Morgan fingerprint density at radius 1 is 0.714 bits per heavy atom. The van der Waals surface area contributed by atoms with Crippen molar-refractivity contribution in [2.75, 3.05) is 26.4 Å². The Bertz CT molecular complexity index is 25.2. The molecule has 0 amide bonds. The third-order valence-electron chi connectivity index (χ3n) is 0.744. The van der Waals surface area contributed by atoms with Gasteiger partial charge in [0.2, 0.25) is 0 Å². The monoisotopic (exact) mass is 280 g/mol. The van der Waals surface area contributed by atoms with Crippen molar-refractivity contribution < 1.29 is 29.3 Å². The molecule has 0 aromatic carbocycles. The van der Waals surface area contributed by atoms with Crippen molar-refractivity contribution in [1.82, 2.24) is 0 Å². The molecule has 0 aromatic rings. The van der Waals surface area contributed by atoms with E-state index in [0.717, 1.165) is 26.4 Å². The summed E-state index contributed by atoms with van der Waals surface area (Å²) in [5, 5.41) is 0. The normalized spacial score (nSPS) is 20.6. The average Bonchev–Trinajstić information content (AvgIpc) is 1.72. The fourth-order valence-corrected chi connectivity index (χ4v) is 0.440. The fraction of sp³-hybridized carbons (Fsp3) is 1.00. The van der Waals surface area contributed by atoms with Gasteiger partial charge in [0.05, 0.1) is 26.4 Å². The Hall–Kier alpha value is 0.556. The van der Waals surface area contributed by atoms with Gasteiger partial charge in [-0.25, -0.2) is 0 Å². The minimum Gasteiger partial charge on any atom is -0.377 e. The second-order valence-electron chi connectivity index (χ2n) is 1.22. The fourth-order valence-electron chi connectivity index (χ4n) is 0.440. The molecule has 0 spiro atoms. The molecule has 1 aliphatic rings. The zero-order valence-electron chi connectivity index (χ0n) is 4.00. The molecule has 0 N–H and O–H groups in total. The first-order chi connectivity index (χ1) is 3.00. The molecule has 2 nitrogen and oxygen atoms in total. The predicted molar refractivity (Wildman–Crippen MR) is 21.6 cm³/mol.